The van der Waals surface area contributed by atoms with E-state index in [4.69, 9.17) is 0 Å². The Kier molecular flexibility index (Phi) is 4.80. The first kappa shape index (κ1) is 14.9. The molecule has 0 spiro atoms. The summed E-state index contributed by atoms with van der Waals surface area (Å²) < 4.78 is 1.23. The third-order valence-electron chi connectivity index (χ3n) is 3.93. The van der Waals surface area contributed by atoms with E-state index in [-0.39, 0.29) is 5.91 Å². The number of hydrogen-bond acceptors (Lipinski definition) is 4. The van der Waals surface area contributed by atoms with Crippen molar-refractivity contribution in [2.75, 3.05) is 18.8 Å². The zero-order valence-corrected chi connectivity index (χ0v) is 13.9. The second-order valence-electron chi connectivity index (χ2n) is 5.63. The average molecular weight is 320 g/mol. The van der Waals surface area contributed by atoms with Crippen LogP contribution in [-0.2, 0) is 10.5 Å². The number of para-hydroxylation sites is 1. The Hall–Kier alpha value is -1.07. The maximum atomic E-state index is 12.2. The van der Waals surface area contributed by atoms with Crippen molar-refractivity contribution in [1.82, 2.24) is 9.88 Å². The number of benzene rings is 1. The van der Waals surface area contributed by atoms with Gasteiger partial charge >= 0.3 is 0 Å². The highest BCUT2D eigenvalue weighted by molar-refractivity contribution is 7.99. The molecule has 1 aromatic heterocycles. The van der Waals surface area contributed by atoms with E-state index in [0.717, 1.165) is 48.1 Å². The number of nitrogens with zero attached hydrogens (tertiary/aromatic N) is 2. The molecule has 0 radical (unpaired) electrons. The van der Waals surface area contributed by atoms with Gasteiger partial charge in [-0.3, -0.25) is 4.79 Å². The SMILES string of the molecule is CC1CCN(C(=O)CSCc2nc3ccccc3s2)CC1. The summed E-state index contributed by atoms with van der Waals surface area (Å²) in [5.41, 5.74) is 1.06. The minimum atomic E-state index is 0.285. The molecule has 3 nitrogen and oxygen atoms in total. The minimum absolute atomic E-state index is 0.285. The van der Waals surface area contributed by atoms with E-state index >= 15 is 0 Å². The fourth-order valence-corrected chi connectivity index (χ4v) is 4.50. The van der Waals surface area contributed by atoms with Crippen molar-refractivity contribution in [2.24, 2.45) is 5.92 Å². The van der Waals surface area contributed by atoms with E-state index in [1.54, 1.807) is 23.1 Å². The average Bonchev–Trinajstić information content (AvgIpc) is 2.90. The van der Waals surface area contributed by atoms with Gasteiger partial charge in [-0.05, 0) is 30.9 Å². The van der Waals surface area contributed by atoms with E-state index in [1.165, 1.54) is 4.70 Å². The van der Waals surface area contributed by atoms with Crippen molar-refractivity contribution < 1.29 is 4.79 Å². The molecule has 2 heterocycles. The standard InChI is InChI=1S/C16H20N2OS2/c1-12-6-8-18(9-7-12)16(19)11-20-10-15-17-13-4-2-3-5-14(13)21-15/h2-5,12H,6-11H2,1H3. The van der Waals surface area contributed by atoms with E-state index < -0.39 is 0 Å². The van der Waals surface area contributed by atoms with Crippen LogP contribution >= 0.6 is 23.1 Å². The Morgan fingerprint density at radius 2 is 2.14 bits per heavy atom. The van der Waals surface area contributed by atoms with Gasteiger partial charge in [0.15, 0.2) is 0 Å². The summed E-state index contributed by atoms with van der Waals surface area (Å²) in [6.45, 7) is 4.13. The van der Waals surface area contributed by atoms with Gasteiger partial charge in [0, 0.05) is 18.8 Å². The lowest BCUT2D eigenvalue weighted by molar-refractivity contribution is -0.129. The molecular weight excluding hydrogens is 300 g/mol. The number of rotatable bonds is 4. The number of likely N-dealkylation sites (tertiary alicyclic amines) is 1. The number of piperidine rings is 1. The quantitative estimate of drug-likeness (QED) is 0.859. The van der Waals surface area contributed by atoms with Gasteiger partial charge in [-0.25, -0.2) is 4.98 Å². The van der Waals surface area contributed by atoms with Gasteiger partial charge in [0.05, 0.1) is 16.0 Å². The molecule has 5 heteroatoms. The van der Waals surface area contributed by atoms with Crippen LogP contribution in [0, 0.1) is 5.92 Å². The second kappa shape index (κ2) is 6.79. The molecule has 1 fully saturated rings. The van der Waals surface area contributed by atoms with Gasteiger partial charge in [-0.15, -0.1) is 23.1 Å². The Bertz CT molecular complexity index is 585. The fraction of sp³-hybridized carbons (Fsp3) is 0.500. The van der Waals surface area contributed by atoms with Gasteiger partial charge in [0.1, 0.15) is 5.01 Å². The first-order valence-corrected chi connectivity index (χ1v) is 9.39. The van der Waals surface area contributed by atoms with Crippen molar-refractivity contribution in [3.63, 3.8) is 0 Å². The van der Waals surface area contributed by atoms with Gasteiger partial charge in [-0.2, -0.15) is 0 Å². The lowest BCUT2D eigenvalue weighted by atomic mass is 9.99. The maximum absolute atomic E-state index is 12.2. The monoisotopic (exact) mass is 320 g/mol. The van der Waals surface area contributed by atoms with E-state index in [0.29, 0.717) is 5.75 Å². The van der Waals surface area contributed by atoms with Gasteiger partial charge in [0.2, 0.25) is 5.91 Å². The molecule has 1 saturated heterocycles. The van der Waals surface area contributed by atoms with Crippen LogP contribution in [0.4, 0.5) is 0 Å². The van der Waals surface area contributed by atoms with Crippen molar-refractivity contribution in [1.29, 1.82) is 0 Å². The lowest BCUT2D eigenvalue weighted by Gasteiger charge is -2.30. The van der Waals surface area contributed by atoms with Crippen LogP contribution in [0.15, 0.2) is 24.3 Å². The van der Waals surface area contributed by atoms with Gasteiger partial charge in [0.25, 0.3) is 0 Å². The summed E-state index contributed by atoms with van der Waals surface area (Å²) in [5.74, 6) is 2.46. The molecule has 0 bridgehead atoms. The van der Waals surface area contributed by atoms with Gasteiger partial charge in [-0.1, -0.05) is 19.1 Å². The summed E-state index contributed by atoms with van der Waals surface area (Å²) in [5, 5.41) is 1.11. The second-order valence-corrected chi connectivity index (χ2v) is 7.73. The molecule has 21 heavy (non-hydrogen) atoms. The van der Waals surface area contributed by atoms with Crippen molar-refractivity contribution in [3.8, 4) is 0 Å². The van der Waals surface area contributed by atoms with Crippen molar-refractivity contribution >= 4 is 39.2 Å². The first-order chi connectivity index (χ1) is 10.2. The van der Waals surface area contributed by atoms with Crippen LogP contribution in [0.5, 0.6) is 0 Å². The molecule has 0 aliphatic carbocycles. The molecule has 1 aliphatic rings. The van der Waals surface area contributed by atoms with Crippen molar-refractivity contribution in [3.05, 3.63) is 29.3 Å². The predicted molar refractivity (Wildman–Crippen MR) is 90.8 cm³/mol. The van der Waals surface area contributed by atoms with E-state index in [1.807, 2.05) is 23.1 Å². The number of carbonyl (C=O) groups excluding carboxylic acids is 1. The minimum Gasteiger partial charge on any atom is -0.342 e. The molecule has 3 rings (SSSR count). The zero-order chi connectivity index (χ0) is 14.7. The topological polar surface area (TPSA) is 33.2 Å². The van der Waals surface area contributed by atoms with Crippen LogP contribution < -0.4 is 0 Å². The Labute approximate surface area is 133 Å². The van der Waals surface area contributed by atoms with E-state index in [2.05, 4.69) is 18.0 Å². The smallest absolute Gasteiger partial charge is 0.232 e. The lowest BCUT2D eigenvalue weighted by Crippen LogP contribution is -2.38. The summed E-state index contributed by atoms with van der Waals surface area (Å²) in [6.07, 6.45) is 2.29. The molecule has 0 unspecified atom stereocenters. The highest BCUT2D eigenvalue weighted by Gasteiger charge is 2.20. The molecule has 112 valence electrons. The number of amides is 1. The number of hydrogen-bond donors (Lipinski definition) is 0. The highest BCUT2D eigenvalue weighted by atomic mass is 32.2. The van der Waals surface area contributed by atoms with Crippen LogP contribution in [0.3, 0.4) is 0 Å². The van der Waals surface area contributed by atoms with Crippen LogP contribution in [0.1, 0.15) is 24.8 Å². The number of aromatic nitrogens is 1. The number of fused-ring (bicyclic) bond motifs is 1. The summed E-state index contributed by atoms with van der Waals surface area (Å²) in [7, 11) is 0. The summed E-state index contributed by atoms with van der Waals surface area (Å²) in [6, 6.07) is 8.19. The van der Waals surface area contributed by atoms with E-state index in [9.17, 15) is 4.79 Å². The van der Waals surface area contributed by atoms with Crippen LogP contribution in [0.25, 0.3) is 10.2 Å². The number of thioether (sulfide) groups is 1. The van der Waals surface area contributed by atoms with Crippen LogP contribution in [-0.4, -0.2) is 34.6 Å². The molecule has 0 atom stereocenters. The molecule has 1 amide bonds. The Morgan fingerprint density at radius 1 is 1.38 bits per heavy atom. The number of carbonyl (C=O) groups is 1. The molecule has 1 aromatic carbocycles. The fourth-order valence-electron chi connectivity index (χ4n) is 2.56. The largest absolute Gasteiger partial charge is 0.342 e. The Balaban J connectivity index is 1.48. The third kappa shape index (κ3) is 3.77. The summed E-state index contributed by atoms with van der Waals surface area (Å²) in [4.78, 5) is 18.8. The molecule has 2 aromatic rings. The third-order valence-corrected chi connectivity index (χ3v) is 6.07. The molecule has 1 aliphatic heterocycles. The molecular formula is C16H20N2OS2. The maximum Gasteiger partial charge on any atom is 0.232 e. The van der Waals surface area contributed by atoms with Crippen LogP contribution in [0.2, 0.25) is 0 Å². The zero-order valence-electron chi connectivity index (χ0n) is 12.2. The van der Waals surface area contributed by atoms with Crippen molar-refractivity contribution in [2.45, 2.75) is 25.5 Å². The Morgan fingerprint density at radius 3 is 2.90 bits per heavy atom. The predicted octanol–water partition coefficient (Wildman–Crippen LogP) is 3.79. The molecule has 0 N–H and O–H groups in total. The highest BCUT2D eigenvalue weighted by Crippen LogP contribution is 2.25. The number of thiazole rings is 1. The molecule has 0 saturated carbocycles. The normalized spacial score (nSPS) is 16.5. The van der Waals surface area contributed by atoms with Gasteiger partial charge < -0.3 is 4.90 Å². The first-order valence-electron chi connectivity index (χ1n) is 7.42. The summed E-state index contributed by atoms with van der Waals surface area (Å²) >= 11 is 3.41.